The summed E-state index contributed by atoms with van der Waals surface area (Å²) in [5.74, 6) is 0.000298. The van der Waals surface area contributed by atoms with Crippen LogP contribution in [0.2, 0.25) is 0 Å². The molecule has 1 aromatic rings. The van der Waals surface area contributed by atoms with Crippen molar-refractivity contribution in [1.29, 1.82) is 0 Å². The lowest BCUT2D eigenvalue weighted by Crippen LogP contribution is -2.47. The maximum Gasteiger partial charge on any atom is 0.273 e. The molecule has 1 unspecified atom stereocenters. The van der Waals surface area contributed by atoms with Crippen LogP contribution >= 0.6 is 23.7 Å². The van der Waals surface area contributed by atoms with Gasteiger partial charge in [-0.15, -0.1) is 23.7 Å². The molecule has 1 aliphatic rings. The van der Waals surface area contributed by atoms with Crippen molar-refractivity contribution in [3.8, 4) is 0 Å². The number of carbonyl (C=O) groups excluding carboxylic acids is 1. The second-order valence-corrected chi connectivity index (χ2v) is 5.03. The maximum absolute atomic E-state index is 12.2. The third-order valence-corrected chi connectivity index (χ3v) is 3.67. The molecular formula is C11H18ClN3O2S. The molecule has 2 rings (SSSR count). The van der Waals surface area contributed by atoms with Crippen LogP contribution in [0.25, 0.3) is 0 Å². The van der Waals surface area contributed by atoms with E-state index in [1.807, 2.05) is 17.2 Å². The Morgan fingerprint density at radius 3 is 3.17 bits per heavy atom. The lowest BCUT2D eigenvalue weighted by Gasteiger charge is -2.32. The number of morpholine rings is 1. The number of aromatic nitrogens is 1. The fraction of sp³-hybridized carbons (Fsp3) is 0.636. The van der Waals surface area contributed by atoms with Gasteiger partial charge in [-0.2, -0.15) is 0 Å². The first-order valence-corrected chi connectivity index (χ1v) is 6.63. The van der Waals surface area contributed by atoms with Crippen LogP contribution in [0.5, 0.6) is 0 Å². The molecule has 0 radical (unpaired) electrons. The van der Waals surface area contributed by atoms with Crippen LogP contribution in [0.15, 0.2) is 5.38 Å². The van der Waals surface area contributed by atoms with Crippen molar-refractivity contribution in [1.82, 2.24) is 9.88 Å². The second kappa shape index (κ2) is 7.04. The Balaban J connectivity index is 0.00000162. The maximum atomic E-state index is 12.2. The van der Waals surface area contributed by atoms with E-state index in [0.29, 0.717) is 32.0 Å². The van der Waals surface area contributed by atoms with E-state index in [0.717, 1.165) is 11.4 Å². The Morgan fingerprint density at radius 1 is 1.72 bits per heavy atom. The highest BCUT2D eigenvalue weighted by Crippen LogP contribution is 2.15. The van der Waals surface area contributed by atoms with Crippen LogP contribution in [-0.2, 0) is 11.2 Å². The third-order valence-electron chi connectivity index (χ3n) is 2.76. The summed E-state index contributed by atoms with van der Waals surface area (Å²) in [7, 11) is 0. The number of ether oxygens (including phenoxy) is 1. The molecule has 7 heteroatoms. The normalized spacial score (nSPS) is 19.4. The molecule has 0 aliphatic carbocycles. The van der Waals surface area contributed by atoms with Crippen molar-refractivity contribution in [2.45, 2.75) is 19.4 Å². The predicted octanol–water partition coefficient (Wildman–Crippen LogP) is 0.927. The minimum Gasteiger partial charge on any atom is -0.377 e. The molecule has 1 atom stereocenters. The molecule has 2 N–H and O–H groups in total. The van der Waals surface area contributed by atoms with E-state index in [1.54, 1.807) is 0 Å². The zero-order valence-corrected chi connectivity index (χ0v) is 11.9. The van der Waals surface area contributed by atoms with Gasteiger partial charge >= 0.3 is 0 Å². The average molecular weight is 292 g/mol. The first-order valence-electron chi connectivity index (χ1n) is 5.75. The number of nitrogens with zero attached hydrogens (tertiary/aromatic N) is 2. The Labute approximate surface area is 117 Å². The van der Waals surface area contributed by atoms with Crippen molar-refractivity contribution in [2.24, 2.45) is 5.73 Å². The van der Waals surface area contributed by atoms with Gasteiger partial charge in [0.25, 0.3) is 5.91 Å². The van der Waals surface area contributed by atoms with Gasteiger partial charge in [0.05, 0.1) is 24.3 Å². The molecule has 1 aliphatic heterocycles. The topological polar surface area (TPSA) is 68.5 Å². The van der Waals surface area contributed by atoms with Crippen LogP contribution in [0.1, 0.15) is 22.4 Å². The summed E-state index contributed by atoms with van der Waals surface area (Å²) >= 11 is 1.50. The Bertz CT molecular complexity index is 399. The highest BCUT2D eigenvalue weighted by atomic mass is 35.5. The van der Waals surface area contributed by atoms with Gasteiger partial charge in [0.15, 0.2) is 0 Å². The Kier molecular flexibility index (Phi) is 6.01. The molecule has 18 heavy (non-hydrogen) atoms. The van der Waals surface area contributed by atoms with Crippen LogP contribution in [0.3, 0.4) is 0 Å². The summed E-state index contributed by atoms with van der Waals surface area (Å²) in [4.78, 5) is 18.4. The van der Waals surface area contributed by atoms with Crippen LogP contribution < -0.4 is 5.73 Å². The lowest BCUT2D eigenvalue weighted by atomic mass is 10.2. The van der Waals surface area contributed by atoms with Crippen LogP contribution in [-0.4, -0.2) is 48.1 Å². The summed E-state index contributed by atoms with van der Waals surface area (Å²) < 4.78 is 5.31. The largest absolute Gasteiger partial charge is 0.377 e. The number of thiazole rings is 1. The Morgan fingerprint density at radius 2 is 2.50 bits per heavy atom. The van der Waals surface area contributed by atoms with Crippen molar-refractivity contribution in [3.63, 3.8) is 0 Å². The van der Waals surface area contributed by atoms with E-state index < -0.39 is 0 Å². The van der Waals surface area contributed by atoms with E-state index in [9.17, 15) is 4.79 Å². The molecule has 5 nitrogen and oxygen atoms in total. The van der Waals surface area contributed by atoms with Crippen molar-refractivity contribution in [2.75, 3.05) is 26.3 Å². The SMILES string of the molecule is CC1COCCN1C(=O)c1csc(CCN)n1.Cl. The number of nitrogens with two attached hydrogens (primary N) is 1. The monoisotopic (exact) mass is 291 g/mol. The van der Waals surface area contributed by atoms with Crippen molar-refractivity contribution in [3.05, 3.63) is 16.1 Å². The average Bonchev–Trinajstić information content (AvgIpc) is 2.78. The smallest absolute Gasteiger partial charge is 0.273 e. The molecule has 0 saturated carbocycles. The quantitative estimate of drug-likeness (QED) is 0.899. The lowest BCUT2D eigenvalue weighted by molar-refractivity contribution is 0.00330. The number of hydrogen-bond donors (Lipinski definition) is 1. The standard InChI is InChI=1S/C11H17N3O2S.ClH/c1-8-6-16-5-4-14(8)11(15)9-7-17-10(13-9)2-3-12;/h7-8H,2-6,12H2,1H3;1H. The third kappa shape index (κ3) is 3.41. The van der Waals surface area contributed by atoms with Gasteiger partial charge in [-0.1, -0.05) is 0 Å². The van der Waals surface area contributed by atoms with Gasteiger partial charge in [-0.3, -0.25) is 4.79 Å². The number of hydrogen-bond acceptors (Lipinski definition) is 5. The molecule has 1 saturated heterocycles. The highest BCUT2D eigenvalue weighted by molar-refractivity contribution is 7.09. The van der Waals surface area contributed by atoms with Crippen molar-refractivity contribution >= 4 is 29.7 Å². The van der Waals surface area contributed by atoms with E-state index in [-0.39, 0.29) is 24.4 Å². The van der Waals surface area contributed by atoms with E-state index in [1.165, 1.54) is 11.3 Å². The first kappa shape index (κ1) is 15.4. The van der Waals surface area contributed by atoms with E-state index >= 15 is 0 Å². The van der Waals surface area contributed by atoms with Crippen molar-refractivity contribution < 1.29 is 9.53 Å². The number of carbonyl (C=O) groups is 1. The minimum atomic E-state index is 0. The van der Waals surface area contributed by atoms with Gasteiger partial charge in [0.2, 0.25) is 0 Å². The van der Waals surface area contributed by atoms with Crippen LogP contribution in [0, 0.1) is 0 Å². The minimum absolute atomic E-state index is 0. The second-order valence-electron chi connectivity index (χ2n) is 4.09. The molecular weight excluding hydrogens is 274 g/mol. The molecule has 1 fully saturated rings. The van der Waals surface area contributed by atoms with Gasteiger partial charge < -0.3 is 15.4 Å². The number of rotatable bonds is 3. The summed E-state index contributed by atoms with van der Waals surface area (Å²) in [5.41, 5.74) is 6.00. The molecule has 0 bridgehead atoms. The molecule has 0 aromatic carbocycles. The fourth-order valence-corrected chi connectivity index (χ4v) is 2.61. The summed E-state index contributed by atoms with van der Waals surface area (Å²) in [6.07, 6.45) is 0.733. The Hall–Kier alpha value is -0.690. The zero-order valence-electron chi connectivity index (χ0n) is 10.3. The van der Waals surface area contributed by atoms with E-state index in [4.69, 9.17) is 10.5 Å². The summed E-state index contributed by atoms with van der Waals surface area (Å²) in [6.45, 7) is 4.41. The fourth-order valence-electron chi connectivity index (χ4n) is 1.82. The predicted molar refractivity (Wildman–Crippen MR) is 73.4 cm³/mol. The molecule has 0 spiro atoms. The molecule has 102 valence electrons. The zero-order chi connectivity index (χ0) is 12.3. The van der Waals surface area contributed by atoms with E-state index in [2.05, 4.69) is 4.98 Å². The molecule has 1 amide bonds. The van der Waals surface area contributed by atoms with Gasteiger partial charge in [0.1, 0.15) is 5.69 Å². The summed E-state index contributed by atoms with van der Waals surface area (Å²) in [5, 5.41) is 2.74. The van der Waals surface area contributed by atoms with Gasteiger partial charge in [0, 0.05) is 18.3 Å². The number of halogens is 1. The number of amides is 1. The summed E-state index contributed by atoms with van der Waals surface area (Å²) in [6, 6.07) is 0.121. The van der Waals surface area contributed by atoms with Gasteiger partial charge in [-0.05, 0) is 13.5 Å². The highest BCUT2D eigenvalue weighted by Gasteiger charge is 2.26. The van der Waals surface area contributed by atoms with Crippen LogP contribution in [0.4, 0.5) is 0 Å². The molecule has 1 aromatic heterocycles. The molecule has 2 heterocycles. The first-order chi connectivity index (χ1) is 8.22. The van der Waals surface area contributed by atoms with Gasteiger partial charge in [-0.25, -0.2) is 4.98 Å².